The average Bonchev–Trinajstić information content (AvgIpc) is 3.49. The van der Waals surface area contributed by atoms with Crippen LogP contribution in [0, 0.1) is 12.8 Å². The highest BCUT2D eigenvalue weighted by atomic mass is 16.4. The predicted octanol–water partition coefficient (Wildman–Crippen LogP) is 3.77. The van der Waals surface area contributed by atoms with E-state index in [9.17, 15) is 19.2 Å². The first-order chi connectivity index (χ1) is 21.7. The van der Waals surface area contributed by atoms with Crippen molar-refractivity contribution < 1.29 is 23.6 Å². The third kappa shape index (κ3) is 7.89. The van der Waals surface area contributed by atoms with Gasteiger partial charge in [0.2, 0.25) is 29.4 Å². The van der Waals surface area contributed by atoms with Crippen molar-refractivity contribution >= 4 is 23.5 Å². The molecular formula is C35H37N5O5. The molecule has 232 valence electrons. The van der Waals surface area contributed by atoms with E-state index in [1.807, 2.05) is 91.9 Å². The number of hydrogen-bond acceptors (Lipinski definition) is 7. The minimum atomic E-state index is -0.970. The van der Waals surface area contributed by atoms with Gasteiger partial charge in [-0.3, -0.25) is 19.2 Å². The van der Waals surface area contributed by atoms with Crippen LogP contribution in [-0.4, -0.2) is 68.7 Å². The van der Waals surface area contributed by atoms with E-state index < -0.39 is 23.8 Å². The Morgan fingerprint density at radius 3 is 2.24 bits per heavy atom. The lowest BCUT2D eigenvalue weighted by Gasteiger charge is -2.40. The molecule has 10 heteroatoms. The number of aryl methyl sites for hydroxylation is 1. The van der Waals surface area contributed by atoms with Crippen molar-refractivity contribution in [2.75, 3.05) is 13.1 Å². The minimum absolute atomic E-state index is 0.148. The molecule has 2 atom stereocenters. The highest BCUT2D eigenvalue weighted by Crippen LogP contribution is 2.20. The quantitative estimate of drug-likeness (QED) is 0.243. The lowest BCUT2D eigenvalue weighted by Crippen LogP contribution is -2.62. The Morgan fingerprint density at radius 2 is 1.58 bits per heavy atom. The maximum Gasteiger partial charge on any atom is 0.286 e. The first-order valence-electron chi connectivity index (χ1n) is 15.1. The van der Waals surface area contributed by atoms with Crippen molar-refractivity contribution in [1.82, 2.24) is 25.3 Å². The number of carbonyl (C=O) groups is 4. The van der Waals surface area contributed by atoms with E-state index in [2.05, 4.69) is 15.5 Å². The number of carbonyl (C=O) groups excluding carboxylic acids is 4. The van der Waals surface area contributed by atoms with Crippen LogP contribution in [0.2, 0.25) is 0 Å². The molecule has 0 radical (unpaired) electrons. The molecule has 1 N–H and O–H groups in total. The first-order valence-corrected chi connectivity index (χ1v) is 15.1. The van der Waals surface area contributed by atoms with Gasteiger partial charge in [0.1, 0.15) is 19.1 Å². The average molecular weight is 608 g/mol. The fourth-order valence-corrected chi connectivity index (χ4v) is 5.48. The van der Waals surface area contributed by atoms with Crippen LogP contribution in [0.3, 0.4) is 0 Å². The fourth-order valence-electron chi connectivity index (χ4n) is 5.48. The molecule has 1 unspecified atom stereocenters. The van der Waals surface area contributed by atoms with Gasteiger partial charge in [0.25, 0.3) is 5.89 Å². The van der Waals surface area contributed by atoms with Gasteiger partial charge in [-0.05, 0) is 29.5 Å². The molecule has 10 nitrogen and oxygen atoms in total. The number of rotatable bonds is 12. The van der Waals surface area contributed by atoms with Gasteiger partial charge < -0.3 is 19.5 Å². The van der Waals surface area contributed by atoms with Gasteiger partial charge in [-0.1, -0.05) is 104 Å². The zero-order valence-electron chi connectivity index (χ0n) is 25.7. The lowest BCUT2D eigenvalue weighted by atomic mass is 9.99. The molecule has 0 aliphatic carbocycles. The number of ketones is 1. The number of nitrogens with one attached hydrogen (secondary N) is 1. The van der Waals surface area contributed by atoms with Crippen molar-refractivity contribution in [3.05, 3.63) is 119 Å². The first kappa shape index (κ1) is 31.3. The Kier molecular flexibility index (Phi) is 9.82. The van der Waals surface area contributed by atoms with Gasteiger partial charge in [-0.2, -0.15) is 0 Å². The van der Waals surface area contributed by atoms with Gasteiger partial charge in [0, 0.05) is 13.0 Å². The third-order valence-corrected chi connectivity index (χ3v) is 7.80. The molecule has 1 aliphatic rings. The number of Topliss-reactive ketones (excluding diaryl/α,β-unsaturated/α-hetero) is 1. The summed E-state index contributed by atoms with van der Waals surface area (Å²) in [6, 6.07) is 24.9. The molecule has 1 aliphatic heterocycles. The van der Waals surface area contributed by atoms with E-state index in [4.69, 9.17) is 4.42 Å². The molecule has 2 heterocycles. The molecule has 0 bridgehead atoms. The summed E-state index contributed by atoms with van der Waals surface area (Å²) in [5, 5.41) is 10.8. The maximum atomic E-state index is 13.8. The van der Waals surface area contributed by atoms with Crippen LogP contribution in [0.15, 0.2) is 89.3 Å². The Labute approximate surface area is 262 Å². The second-order valence-electron chi connectivity index (χ2n) is 11.7. The van der Waals surface area contributed by atoms with Crippen LogP contribution in [0.5, 0.6) is 0 Å². The molecule has 1 aromatic heterocycles. The minimum Gasteiger partial charge on any atom is -0.418 e. The molecule has 5 rings (SSSR count). The molecule has 0 spiro atoms. The Balaban J connectivity index is 1.29. The summed E-state index contributed by atoms with van der Waals surface area (Å²) in [7, 11) is 0. The summed E-state index contributed by atoms with van der Waals surface area (Å²) in [6.07, 6.45) is 0.623. The maximum absolute atomic E-state index is 13.8. The fraction of sp³-hybridized carbons (Fsp3) is 0.314. The number of nitrogens with zero attached hydrogens (tertiary/aromatic N) is 4. The standard InChI is InChI=1S/C35H37N5O5/c1-23(2)32(33(43)34-38-37-30(45-34)19-27-16-10-11-24(3)17-27)36-29(41)21-40-28(18-25-12-6-4-7-13-25)35(44)39(22-31(40)42)20-26-14-8-5-9-15-26/h4-17,23,28,32H,18-22H2,1-3H3,(H,36,41)/t28-,32?/m1/s1. The highest BCUT2D eigenvalue weighted by molar-refractivity contribution is 6.00. The number of benzene rings is 3. The zero-order valence-corrected chi connectivity index (χ0v) is 25.7. The monoisotopic (exact) mass is 607 g/mol. The Hall–Kier alpha value is -5.12. The van der Waals surface area contributed by atoms with E-state index in [1.54, 1.807) is 13.8 Å². The molecule has 45 heavy (non-hydrogen) atoms. The van der Waals surface area contributed by atoms with Crippen molar-refractivity contribution in [3.63, 3.8) is 0 Å². The molecule has 4 aromatic rings. The lowest BCUT2D eigenvalue weighted by molar-refractivity contribution is -0.157. The van der Waals surface area contributed by atoms with Crippen molar-refractivity contribution in [1.29, 1.82) is 0 Å². The Bertz CT molecular complexity index is 1650. The summed E-state index contributed by atoms with van der Waals surface area (Å²) in [5.41, 5.74) is 3.84. The summed E-state index contributed by atoms with van der Waals surface area (Å²) >= 11 is 0. The highest BCUT2D eigenvalue weighted by Gasteiger charge is 2.41. The SMILES string of the molecule is Cc1cccc(Cc2nnc(C(=O)C(NC(=O)CN3C(=O)CN(Cc4ccccc4)C(=O)[C@H]3Cc3ccccc3)C(C)C)o2)c1. The van der Waals surface area contributed by atoms with Crippen molar-refractivity contribution in [2.45, 2.75) is 52.2 Å². The van der Waals surface area contributed by atoms with Gasteiger partial charge in [-0.15, -0.1) is 10.2 Å². The molecule has 1 fully saturated rings. The smallest absolute Gasteiger partial charge is 0.286 e. The van der Waals surface area contributed by atoms with Gasteiger partial charge in [0.15, 0.2) is 0 Å². The van der Waals surface area contributed by atoms with Crippen LogP contribution in [-0.2, 0) is 33.8 Å². The summed E-state index contributed by atoms with van der Waals surface area (Å²) < 4.78 is 5.69. The normalized spacial score (nSPS) is 15.8. The van der Waals surface area contributed by atoms with Gasteiger partial charge >= 0.3 is 0 Å². The number of hydrogen-bond donors (Lipinski definition) is 1. The topological polar surface area (TPSA) is 126 Å². The molecule has 0 saturated carbocycles. The van der Waals surface area contributed by atoms with E-state index in [0.29, 0.717) is 12.3 Å². The molecule has 1 saturated heterocycles. The molecule has 3 aromatic carbocycles. The van der Waals surface area contributed by atoms with Crippen molar-refractivity contribution in [2.24, 2.45) is 5.92 Å². The van der Waals surface area contributed by atoms with Crippen LogP contribution in [0.1, 0.15) is 52.7 Å². The predicted molar refractivity (Wildman–Crippen MR) is 167 cm³/mol. The summed E-state index contributed by atoms with van der Waals surface area (Å²) in [5.74, 6) is -1.87. The van der Waals surface area contributed by atoms with E-state index in [0.717, 1.165) is 22.3 Å². The van der Waals surface area contributed by atoms with E-state index in [1.165, 1.54) is 9.80 Å². The number of amides is 3. The third-order valence-electron chi connectivity index (χ3n) is 7.80. The van der Waals surface area contributed by atoms with Crippen LogP contribution < -0.4 is 5.32 Å². The van der Waals surface area contributed by atoms with Gasteiger partial charge in [0.05, 0.1) is 12.5 Å². The number of piperazine rings is 1. The van der Waals surface area contributed by atoms with Crippen LogP contribution in [0.4, 0.5) is 0 Å². The van der Waals surface area contributed by atoms with Crippen molar-refractivity contribution in [3.8, 4) is 0 Å². The van der Waals surface area contributed by atoms with Crippen LogP contribution in [0.25, 0.3) is 0 Å². The van der Waals surface area contributed by atoms with Crippen LogP contribution >= 0.6 is 0 Å². The molecular weight excluding hydrogens is 570 g/mol. The van der Waals surface area contributed by atoms with Gasteiger partial charge in [-0.25, -0.2) is 0 Å². The number of aromatic nitrogens is 2. The molecule has 3 amide bonds. The summed E-state index contributed by atoms with van der Waals surface area (Å²) in [6.45, 7) is 5.34. The summed E-state index contributed by atoms with van der Waals surface area (Å²) in [4.78, 5) is 56.9. The van der Waals surface area contributed by atoms with E-state index >= 15 is 0 Å². The largest absolute Gasteiger partial charge is 0.418 e. The van der Waals surface area contributed by atoms with E-state index in [-0.39, 0.29) is 49.7 Å². The second kappa shape index (κ2) is 14.1. The Morgan fingerprint density at radius 1 is 0.911 bits per heavy atom. The second-order valence-corrected chi connectivity index (χ2v) is 11.7. The zero-order chi connectivity index (χ0) is 31.9.